The molecule has 0 heterocycles. The number of rotatable bonds is 11. The van der Waals surface area contributed by atoms with Gasteiger partial charge in [-0.05, 0) is 74.2 Å². The maximum atomic E-state index is 13.4. The molecular formula is C26H29ClN2O4S. The molecule has 0 radical (unpaired) electrons. The fraction of sp³-hybridized carbons (Fsp3) is 0.269. The van der Waals surface area contributed by atoms with Gasteiger partial charge in [0.1, 0.15) is 12.3 Å². The number of hydrogen-bond acceptors (Lipinski definition) is 4. The molecule has 0 aliphatic heterocycles. The number of nitrogens with one attached hydrogen (secondary N) is 1. The highest BCUT2D eigenvalue weighted by Crippen LogP contribution is 2.30. The Balaban J connectivity index is 1.67. The summed E-state index contributed by atoms with van der Waals surface area (Å²) in [6.07, 6.45) is 1.51. The first kappa shape index (κ1) is 25.6. The maximum absolute atomic E-state index is 13.4. The second-order valence-electron chi connectivity index (χ2n) is 7.74. The average molecular weight is 501 g/mol. The molecule has 0 saturated carbocycles. The number of ether oxygens (including phenoxy) is 1. The number of carbonyl (C=O) groups excluding carboxylic acids is 1. The van der Waals surface area contributed by atoms with E-state index in [4.69, 9.17) is 16.3 Å². The zero-order valence-electron chi connectivity index (χ0n) is 19.3. The maximum Gasteiger partial charge on any atom is 0.264 e. The number of hydrogen-bond donors (Lipinski definition) is 1. The van der Waals surface area contributed by atoms with Crippen LogP contribution in [0.2, 0.25) is 5.02 Å². The summed E-state index contributed by atoms with van der Waals surface area (Å²) in [5.41, 5.74) is 2.10. The molecule has 0 aliphatic carbocycles. The SMILES string of the molecule is CCOc1ccc(CCCNC(=O)CN(c2cccc(Cl)c2C)S(=O)(=O)c2ccccc2)cc1. The molecule has 0 bridgehead atoms. The van der Waals surface area contributed by atoms with Crippen molar-refractivity contribution in [1.82, 2.24) is 5.32 Å². The van der Waals surface area contributed by atoms with Crippen LogP contribution >= 0.6 is 11.6 Å². The number of aryl methyl sites for hydroxylation is 1. The molecule has 3 aromatic rings. The Kier molecular flexibility index (Phi) is 8.96. The lowest BCUT2D eigenvalue weighted by atomic mass is 10.1. The van der Waals surface area contributed by atoms with Gasteiger partial charge < -0.3 is 10.1 Å². The lowest BCUT2D eigenvalue weighted by Crippen LogP contribution is -2.41. The van der Waals surface area contributed by atoms with E-state index in [0.29, 0.717) is 29.4 Å². The quantitative estimate of drug-likeness (QED) is 0.376. The van der Waals surface area contributed by atoms with E-state index in [0.717, 1.165) is 28.5 Å². The van der Waals surface area contributed by atoms with Gasteiger partial charge in [0.2, 0.25) is 5.91 Å². The van der Waals surface area contributed by atoms with Crippen molar-refractivity contribution in [1.29, 1.82) is 0 Å². The molecule has 0 spiro atoms. The van der Waals surface area contributed by atoms with Gasteiger partial charge in [-0.25, -0.2) is 8.42 Å². The van der Waals surface area contributed by atoms with Gasteiger partial charge in [-0.3, -0.25) is 9.10 Å². The molecule has 0 aromatic heterocycles. The second kappa shape index (κ2) is 11.9. The molecule has 0 saturated heterocycles. The van der Waals surface area contributed by atoms with Gasteiger partial charge in [0.25, 0.3) is 10.0 Å². The second-order valence-corrected chi connectivity index (χ2v) is 10.0. The predicted octanol–water partition coefficient (Wildman–Crippen LogP) is 4.99. The van der Waals surface area contributed by atoms with E-state index in [1.165, 1.54) is 12.1 Å². The monoisotopic (exact) mass is 500 g/mol. The fourth-order valence-corrected chi connectivity index (χ4v) is 5.18. The summed E-state index contributed by atoms with van der Waals surface area (Å²) in [5, 5.41) is 3.27. The van der Waals surface area contributed by atoms with Crippen molar-refractivity contribution in [3.8, 4) is 5.75 Å². The number of sulfonamides is 1. The smallest absolute Gasteiger partial charge is 0.264 e. The molecule has 3 rings (SSSR count). The van der Waals surface area contributed by atoms with Crippen LogP contribution in [0.1, 0.15) is 24.5 Å². The zero-order valence-corrected chi connectivity index (χ0v) is 20.9. The third kappa shape index (κ3) is 6.52. The summed E-state index contributed by atoms with van der Waals surface area (Å²) in [6, 6.07) is 20.9. The molecule has 180 valence electrons. The molecule has 0 aliphatic rings. The molecule has 0 atom stereocenters. The van der Waals surface area contributed by atoms with Crippen LogP contribution in [-0.4, -0.2) is 34.0 Å². The predicted molar refractivity (Wildman–Crippen MR) is 136 cm³/mol. The van der Waals surface area contributed by atoms with Crippen LogP contribution in [0.5, 0.6) is 5.75 Å². The Bertz CT molecular complexity index is 1200. The van der Waals surface area contributed by atoms with E-state index in [-0.39, 0.29) is 17.3 Å². The Morgan fingerprint density at radius 3 is 2.38 bits per heavy atom. The Morgan fingerprint density at radius 2 is 1.71 bits per heavy atom. The summed E-state index contributed by atoms with van der Waals surface area (Å²) in [7, 11) is -3.97. The Labute approximate surface area is 206 Å². The molecule has 8 heteroatoms. The van der Waals surface area contributed by atoms with Crippen molar-refractivity contribution in [3.05, 3.63) is 88.9 Å². The molecule has 3 aromatic carbocycles. The minimum Gasteiger partial charge on any atom is -0.494 e. The van der Waals surface area contributed by atoms with Gasteiger partial charge in [-0.1, -0.05) is 48.0 Å². The standard InChI is InChI=1S/C26H29ClN2O4S/c1-3-33-22-16-14-21(15-17-22)9-8-18-28-26(30)19-29(25-13-7-12-24(27)20(25)2)34(31,32)23-10-5-4-6-11-23/h4-7,10-17H,3,8-9,18-19H2,1-2H3,(H,28,30). The van der Waals surface area contributed by atoms with Crippen LogP contribution in [0.3, 0.4) is 0 Å². The fourth-order valence-electron chi connectivity index (χ4n) is 3.51. The highest BCUT2D eigenvalue weighted by atomic mass is 35.5. The van der Waals surface area contributed by atoms with Crippen LogP contribution in [-0.2, 0) is 21.2 Å². The molecular weight excluding hydrogens is 472 g/mol. The van der Waals surface area contributed by atoms with E-state index in [1.807, 2.05) is 31.2 Å². The van der Waals surface area contributed by atoms with Gasteiger partial charge in [0.05, 0.1) is 17.2 Å². The molecule has 1 N–H and O–H groups in total. The minimum atomic E-state index is -3.97. The number of amides is 1. The first-order valence-electron chi connectivity index (χ1n) is 11.1. The van der Waals surface area contributed by atoms with Gasteiger partial charge >= 0.3 is 0 Å². The van der Waals surface area contributed by atoms with Gasteiger partial charge in [-0.2, -0.15) is 0 Å². The number of halogens is 1. The lowest BCUT2D eigenvalue weighted by Gasteiger charge is -2.26. The summed E-state index contributed by atoms with van der Waals surface area (Å²) < 4.78 is 33.4. The van der Waals surface area contributed by atoms with E-state index < -0.39 is 10.0 Å². The molecule has 1 amide bonds. The van der Waals surface area contributed by atoms with Crippen LogP contribution in [0, 0.1) is 6.92 Å². The van der Waals surface area contributed by atoms with Crippen LogP contribution in [0.4, 0.5) is 5.69 Å². The van der Waals surface area contributed by atoms with E-state index >= 15 is 0 Å². The number of benzene rings is 3. The average Bonchev–Trinajstić information content (AvgIpc) is 2.84. The van der Waals surface area contributed by atoms with Crippen molar-refractivity contribution in [2.75, 3.05) is 24.0 Å². The summed E-state index contributed by atoms with van der Waals surface area (Å²) in [4.78, 5) is 12.9. The van der Waals surface area contributed by atoms with Gasteiger partial charge in [0, 0.05) is 11.6 Å². The lowest BCUT2D eigenvalue weighted by molar-refractivity contribution is -0.119. The molecule has 0 fully saturated rings. The Hall–Kier alpha value is -3.03. The normalized spacial score (nSPS) is 11.1. The Morgan fingerprint density at radius 1 is 1.00 bits per heavy atom. The highest BCUT2D eigenvalue weighted by Gasteiger charge is 2.28. The molecule has 6 nitrogen and oxygen atoms in total. The van der Waals surface area contributed by atoms with Crippen molar-refractivity contribution >= 4 is 33.2 Å². The largest absolute Gasteiger partial charge is 0.494 e. The van der Waals surface area contributed by atoms with Gasteiger partial charge in [0.15, 0.2) is 0 Å². The topological polar surface area (TPSA) is 75.7 Å². The summed E-state index contributed by atoms with van der Waals surface area (Å²) in [5.74, 6) is 0.446. The summed E-state index contributed by atoms with van der Waals surface area (Å²) >= 11 is 6.25. The van der Waals surface area contributed by atoms with Crippen molar-refractivity contribution in [2.24, 2.45) is 0 Å². The third-order valence-electron chi connectivity index (χ3n) is 5.32. The third-order valence-corrected chi connectivity index (χ3v) is 7.51. The highest BCUT2D eigenvalue weighted by molar-refractivity contribution is 7.92. The van der Waals surface area contributed by atoms with E-state index in [1.54, 1.807) is 43.3 Å². The zero-order chi connectivity index (χ0) is 24.6. The number of anilines is 1. The number of carbonyl (C=O) groups is 1. The number of nitrogens with zero attached hydrogens (tertiary/aromatic N) is 1. The summed E-state index contributed by atoms with van der Waals surface area (Å²) in [6.45, 7) is 4.38. The van der Waals surface area contributed by atoms with Crippen molar-refractivity contribution < 1.29 is 17.9 Å². The van der Waals surface area contributed by atoms with Crippen molar-refractivity contribution in [2.45, 2.75) is 31.6 Å². The van der Waals surface area contributed by atoms with Crippen LogP contribution in [0.15, 0.2) is 77.7 Å². The first-order chi connectivity index (χ1) is 16.3. The van der Waals surface area contributed by atoms with Crippen molar-refractivity contribution in [3.63, 3.8) is 0 Å². The molecule has 0 unspecified atom stereocenters. The van der Waals surface area contributed by atoms with Crippen LogP contribution in [0.25, 0.3) is 0 Å². The minimum absolute atomic E-state index is 0.109. The molecule has 34 heavy (non-hydrogen) atoms. The first-order valence-corrected chi connectivity index (χ1v) is 13.0. The van der Waals surface area contributed by atoms with Gasteiger partial charge in [-0.15, -0.1) is 0 Å². The van der Waals surface area contributed by atoms with Crippen LogP contribution < -0.4 is 14.4 Å². The van der Waals surface area contributed by atoms with E-state index in [9.17, 15) is 13.2 Å². The van der Waals surface area contributed by atoms with E-state index in [2.05, 4.69) is 5.32 Å².